The van der Waals surface area contributed by atoms with Crippen LogP contribution in [0.15, 0.2) is 35.7 Å². The van der Waals surface area contributed by atoms with Crippen molar-refractivity contribution in [1.82, 2.24) is 9.80 Å². The fraction of sp³-hybridized carbons (Fsp3) is 0.593. The number of aliphatic hydroxyl groups is 1. The van der Waals surface area contributed by atoms with Gasteiger partial charge in [-0.3, -0.25) is 9.69 Å². The first-order chi connectivity index (χ1) is 16.4. The molecule has 0 bridgehead atoms. The minimum absolute atomic E-state index is 0.0819. The van der Waals surface area contributed by atoms with E-state index in [9.17, 15) is 9.90 Å². The Morgan fingerprint density at radius 3 is 2.85 bits per heavy atom. The van der Waals surface area contributed by atoms with Gasteiger partial charge in [0.25, 0.3) is 0 Å². The molecular formula is C27H40N2O4S. The zero-order chi connectivity index (χ0) is 24.5. The lowest BCUT2D eigenvalue weighted by atomic mass is 10.0. The molecule has 0 spiro atoms. The highest BCUT2D eigenvalue weighted by Crippen LogP contribution is 2.34. The number of hydrogen-bond acceptors (Lipinski definition) is 6. The predicted molar refractivity (Wildman–Crippen MR) is 138 cm³/mol. The molecule has 0 saturated carbocycles. The molecule has 1 N–H and O–H groups in total. The molecule has 1 aliphatic rings. The van der Waals surface area contributed by atoms with Gasteiger partial charge in [0.05, 0.1) is 25.3 Å². The van der Waals surface area contributed by atoms with Crippen molar-refractivity contribution in [3.8, 4) is 5.75 Å². The largest absolute Gasteiger partial charge is 0.491 e. The normalized spacial score (nSPS) is 16.7. The van der Waals surface area contributed by atoms with Gasteiger partial charge in [0.2, 0.25) is 5.91 Å². The van der Waals surface area contributed by atoms with E-state index >= 15 is 0 Å². The Bertz CT molecular complexity index is 900. The molecule has 0 fully saturated rings. The zero-order valence-corrected chi connectivity index (χ0v) is 21.9. The van der Waals surface area contributed by atoms with Crippen molar-refractivity contribution in [2.24, 2.45) is 5.92 Å². The van der Waals surface area contributed by atoms with Gasteiger partial charge in [-0.2, -0.15) is 0 Å². The minimum Gasteiger partial charge on any atom is -0.491 e. The molecule has 3 rings (SSSR count). The summed E-state index contributed by atoms with van der Waals surface area (Å²) in [7, 11) is 0. The topological polar surface area (TPSA) is 62.2 Å². The summed E-state index contributed by atoms with van der Waals surface area (Å²) in [5.41, 5.74) is 2.35. The van der Waals surface area contributed by atoms with E-state index in [2.05, 4.69) is 32.2 Å². The molecule has 34 heavy (non-hydrogen) atoms. The quantitative estimate of drug-likeness (QED) is 0.455. The Labute approximate surface area is 208 Å². The second kappa shape index (κ2) is 13.2. The van der Waals surface area contributed by atoms with E-state index in [1.54, 1.807) is 11.3 Å². The van der Waals surface area contributed by atoms with Crippen molar-refractivity contribution in [3.63, 3.8) is 0 Å². The number of carbonyl (C=O) groups is 1. The Morgan fingerprint density at radius 1 is 1.29 bits per heavy atom. The number of aliphatic hydroxyl groups excluding tert-OH is 1. The Kier molecular flexibility index (Phi) is 10.4. The molecule has 6 nitrogen and oxygen atoms in total. The minimum atomic E-state index is -0.608. The first-order valence-electron chi connectivity index (χ1n) is 12.4. The maximum absolute atomic E-state index is 13.5. The third-order valence-electron chi connectivity index (χ3n) is 5.94. The van der Waals surface area contributed by atoms with Gasteiger partial charge in [0.15, 0.2) is 0 Å². The molecule has 1 aliphatic heterocycles. The van der Waals surface area contributed by atoms with Crippen LogP contribution in [0.25, 0.3) is 0 Å². The second-order valence-electron chi connectivity index (χ2n) is 9.60. The van der Waals surface area contributed by atoms with Crippen LogP contribution in [-0.2, 0) is 16.0 Å². The van der Waals surface area contributed by atoms with E-state index in [1.807, 2.05) is 41.0 Å². The van der Waals surface area contributed by atoms with Crippen molar-refractivity contribution >= 4 is 17.2 Å². The summed E-state index contributed by atoms with van der Waals surface area (Å²) >= 11 is 1.76. The molecule has 0 radical (unpaired) electrons. The smallest absolute Gasteiger partial charge is 0.237 e. The van der Waals surface area contributed by atoms with E-state index in [1.165, 1.54) is 10.4 Å². The van der Waals surface area contributed by atoms with Gasteiger partial charge in [-0.25, -0.2) is 0 Å². The standard InChI is InChI=1S/C27H40N2O4S/c1-5-11-28(15-22(30)18-32-17-20(2)3)16-27(31)29-12-9-26-24(10-13-34-26)25(29)19-33-23-8-6-7-21(4)14-23/h6-8,10,13-14,20,22,25,30H,5,9,11-12,15-19H2,1-4H3. The first-order valence-corrected chi connectivity index (χ1v) is 13.3. The highest BCUT2D eigenvalue weighted by Gasteiger charge is 2.33. The van der Waals surface area contributed by atoms with Crippen LogP contribution in [0.3, 0.4) is 0 Å². The van der Waals surface area contributed by atoms with Gasteiger partial charge in [0, 0.05) is 24.6 Å². The van der Waals surface area contributed by atoms with E-state index in [-0.39, 0.29) is 18.5 Å². The van der Waals surface area contributed by atoms with Crippen LogP contribution in [0.5, 0.6) is 5.75 Å². The lowest BCUT2D eigenvalue weighted by molar-refractivity contribution is -0.136. The van der Waals surface area contributed by atoms with Crippen molar-refractivity contribution in [2.45, 2.75) is 52.7 Å². The molecule has 7 heteroatoms. The van der Waals surface area contributed by atoms with Crippen LogP contribution >= 0.6 is 11.3 Å². The van der Waals surface area contributed by atoms with E-state index < -0.39 is 6.10 Å². The average Bonchev–Trinajstić information content (AvgIpc) is 3.26. The molecular weight excluding hydrogens is 448 g/mol. The van der Waals surface area contributed by atoms with Crippen molar-refractivity contribution in [3.05, 3.63) is 51.7 Å². The van der Waals surface area contributed by atoms with Crippen molar-refractivity contribution in [2.75, 3.05) is 46.0 Å². The zero-order valence-electron chi connectivity index (χ0n) is 21.0. The highest BCUT2D eigenvalue weighted by molar-refractivity contribution is 7.10. The SMILES string of the molecule is CCCN(CC(=O)N1CCc2sccc2C1COc1cccc(C)c1)CC(O)COCC(C)C. The number of benzene rings is 1. The van der Waals surface area contributed by atoms with Gasteiger partial charge < -0.3 is 19.5 Å². The van der Waals surface area contributed by atoms with Gasteiger partial charge in [-0.15, -0.1) is 11.3 Å². The lowest BCUT2D eigenvalue weighted by Gasteiger charge is -2.37. The summed E-state index contributed by atoms with van der Waals surface area (Å²) in [6.45, 7) is 11.8. The molecule has 1 aromatic carbocycles. The van der Waals surface area contributed by atoms with Gasteiger partial charge in [-0.05, 0) is 66.9 Å². The number of fused-ring (bicyclic) bond motifs is 1. The number of nitrogens with zero attached hydrogens (tertiary/aromatic N) is 2. The van der Waals surface area contributed by atoms with E-state index in [0.29, 0.717) is 38.8 Å². The molecule has 2 unspecified atom stereocenters. The van der Waals surface area contributed by atoms with Crippen LogP contribution in [0.4, 0.5) is 0 Å². The van der Waals surface area contributed by atoms with Gasteiger partial charge in [-0.1, -0.05) is 32.9 Å². The number of rotatable bonds is 13. The molecule has 188 valence electrons. The van der Waals surface area contributed by atoms with Crippen LogP contribution in [0, 0.1) is 12.8 Å². The van der Waals surface area contributed by atoms with Crippen molar-refractivity contribution < 1.29 is 19.4 Å². The third kappa shape index (κ3) is 7.80. The van der Waals surface area contributed by atoms with Crippen LogP contribution < -0.4 is 4.74 Å². The van der Waals surface area contributed by atoms with Crippen LogP contribution in [0.1, 0.15) is 49.2 Å². The summed E-state index contributed by atoms with van der Waals surface area (Å²) in [5.74, 6) is 1.34. The molecule has 0 saturated heterocycles. The number of hydrogen-bond donors (Lipinski definition) is 1. The summed E-state index contributed by atoms with van der Waals surface area (Å²) < 4.78 is 11.8. The van der Waals surface area contributed by atoms with Crippen LogP contribution in [-0.4, -0.2) is 72.9 Å². The average molecular weight is 489 g/mol. The Hall–Kier alpha value is -1.93. The number of thiophene rings is 1. The first kappa shape index (κ1) is 26.7. The number of ether oxygens (including phenoxy) is 2. The maximum atomic E-state index is 13.5. The monoisotopic (exact) mass is 488 g/mol. The summed E-state index contributed by atoms with van der Waals surface area (Å²) in [4.78, 5) is 18.8. The third-order valence-corrected chi connectivity index (χ3v) is 6.94. The number of carbonyl (C=O) groups excluding carboxylic acids is 1. The molecule has 0 aliphatic carbocycles. The summed E-state index contributed by atoms with van der Waals surface area (Å²) in [6.07, 6.45) is 1.18. The van der Waals surface area contributed by atoms with Gasteiger partial charge >= 0.3 is 0 Å². The molecule has 1 aromatic heterocycles. The van der Waals surface area contributed by atoms with E-state index in [4.69, 9.17) is 9.47 Å². The number of amides is 1. The van der Waals surface area contributed by atoms with E-state index in [0.717, 1.165) is 30.7 Å². The lowest BCUT2D eigenvalue weighted by Crippen LogP contribution is -2.48. The van der Waals surface area contributed by atoms with Crippen molar-refractivity contribution in [1.29, 1.82) is 0 Å². The summed E-state index contributed by atoms with van der Waals surface area (Å²) in [5, 5.41) is 12.6. The maximum Gasteiger partial charge on any atom is 0.237 e. The fourth-order valence-corrected chi connectivity index (χ4v) is 5.31. The van der Waals surface area contributed by atoms with Gasteiger partial charge in [0.1, 0.15) is 12.4 Å². The second-order valence-corrected chi connectivity index (χ2v) is 10.6. The Morgan fingerprint density at radius 2 is 2.12 bits per heavy atom. The molecule has 2 atom stereocenters. The number of aryl methyl sites for hydroxylation is 1. The Balaban J connectivity index is 1.65. The van der Waals surface area contributed by atoms with Crippen LogP contribution in [0.2, 0.25) is 0 Å². The highest BCUT2D eigenvalue weighted by atomic mass is 32.1. The molecule has 2 aromatic rings. The fourth-order valence-electron chi connectivity index (χ4n) is 4.38. The summed E-state index contributed by atoms with van der Waals surface area (Å²) in [6, 6.07) is 10.0. The molecule has 2 heterocycles. The predicted octanol–water partition coefficient (Wildman–Crippen LogP) is 4.31. The molecule has 1 amide bonds.